The fourth-order valence-electron chi connectivity index (χ4n) is 19.5. The summed E-state index contributed by atoms with van der Waals surface area (Å²) in [6.45, 7) is 0. The van der Waals surface area contributed by atoms with E-state index in [1.165, 1.54) is 49.4 Å². The molecular formula is C121H76N4O. The zero-order valence-electron chi connectivity index (χ0n) is 68.6. The van der Waals surface area contributed by atoms with Crippen molar-refractivity contribution < 1.29 is 4.79 Å². The van der Waals surface area contributed by atoms with Crippen molar-refractivity contribution in [2.75, 3.05) is 0 Å². The number of ketones is 1. The molecule has 0 aliphatic carbocycles. The zero-order valence-corrected chi connectivity index (χ0v) is 68.6. The summed E-state index contributed by atoms with van der Waals surface area (Å²) in [7, 11) is 0. The molecule has 0 aliphatic rings. The van der Waals surface area contributed by atoms with Crippen LogP contribution in [0.5, 0.6) is 0 Å². The Morgan fingerprint density at radius 2 is 0.405 bits per heavy atom. The van der Waals surface area contributed by atoms with Gasteiger partial charge in [-0.15, -0.1) is 0 Å². The monoisotopic (exact) mass is 1600 g/mol. The van der Waals surface area contributed by atoms with Crippen LogP contribution in [0.4, 0.5) is 0 Å². The fraction of sp³-hybridized carbons (Fsp3) is 0. The minimum absolute atomic E-state index is 0.0400. The highest BCUT2D eigenvalue weighted by atomic mass is 16.1. The van der Waals surface area contributed by atoms with E-state index in [1.807, 2.05) is 36.4 Å². The predicted molar refractivity (Wildman–Crippen MR) is 526 cm³/mol. The molecule has 0 N–H and O–H groups in total. The molecule has 24 aromatic rings. The Kier molecular flexibility index (Phi) is 17.6. The molecule has 0 amide bonds. The number of carbonyl (C=O) groups excluding carboxylic acids is 1. The van der Waals surface area contributed by atoms with Crippen molar-refractivity contribution in [3.8, 4) is 134 Å². The van der Waals surface area contributed by atoms with Crippen LogP contribution in [0.15, 0.2) is 461 Å². The van der Waals surface area contributed by atoms with Crippen LogP contribution >= 0.6 is 0 Å². The minimum atomic E-state index is -0.0400. The van der Waals surface area contributed by atoms with Gasteiger partial charge in [0.2, 0.25) is 0 Å². The summed E-state index contributed by atoms with van der Waals surface area (Å²) in [4.78, 5) is 15.2. The van der Waals surface area contributed by atoms with E-state index in [4.69, 9.17) is 0 Å². The smallest absolute Gasteiger partial charge is 0.193 e. The molecule has 5 heteroatoms. The van der Waals surface area contributed by atoms with Crippen LogP contribution in [-0.2, 0) is 0 Å². The van der Waals surface area contributed by atoms with Crippen LogP contribution in [0, 0.1) is 12.1 Å². The molecule has 0 spiro atoms. The number of hydrogen-bond donors (Lipinski definition) is 0. The van der Waals surface area contributed by atoms with Crippen molar-refractivity contribution >= 4 is 93.0 Å². The van der Waals surface area contributed by atoms with Crippen LogP contribution in [0.3, 0.4) is 0 Å². The highest BCUT2D eigenvalue weighted by Gasteiger charge is 2.23. The van der Waals surface area contributed by atoms with Gasteiger partial charge in [-0.25, -0.2) is 0 Å². The third kappa shape index (κ3) is 12.8. The topological polar surface area (TPSA) is 36.8 Å². The molecule has 20 aromatic carbocycles. The van der Waals surface area contributed by atoms with Crippen molar-refractivity contribution in [1.29, 1.82) is 0 Å². The minimum Gasteiger partial charge on any atom is -0.309 e. The van der Waals surface area contributed by atoms with Gasteiger partial charge in [0.25, 0.3) is 0 Å². The molecule has 0 fully saturated rings. The summed E-state index contributed by atoms with van der Waals surface area (Å²) in [5.41, 5.74) is 37.0. The first-order chi connectivity index (χ1) is 62.3. The molecule has 4 aromatic heterocycles. The lowest BCUT2D eigenvalue weighted by molar-refractivity contribution is 0.103. The van der Waals surface area contributed by atoms with Crippen LogP contribution in [0.1, 0.15) is 15.9 Å². The summed E-state index contributed by atoms with van der Waals surface area (Å²) in [6, 6.07) is 173. The van der Waals surface area contributed by atoms with Crippen molar-refractivity contribution in [2.24, 2.45) is 0 Å². The first-order valence-electron chi connectivity index (χ1n) is 43.0. The molecule has 126 heavy (non-hydrogen) atoms. The van der Waals surface area contributed by atoms with E-state index in [1.54, 1.807) is 0 Å². The van der Waals surface area contributed by atoms with E-state index in [0.717, 1.165) is 172 Å². The van der Waals surface area contributed by atoms with Gasteiger partial charge < -0.3 is 18.3 Å². The van der Waals surface area contributed by atoms with E-state index in [0.29, 0.717) is 11.1 Å². The van der Waals surface area contributed by atoms with Gasteiger partial charge in [-0.05, 0) is 311 Å². The number of aromatic nitrogens is 4. The molecule has 4 heterocycles. The SMILES string of the molecule is O=C(c1cccc(-c2ccc3c(c2)c2cc(-c4ccc5c(c4)c4ccccc4n5-c4cccc(-c5cc(-c6cc#ccc6)cc(-c6ccccc6)c5)c4)ccc2n3-c2ccccc2)c1)c1cccc(-c2ccc3c(c2)c2cc(-c4ccc5c(c4)c4ccccc4n5-c4cccc(-c5cc(-c6ccccc6)cc(-c6ccccc6)c5)c4)ccc2n3-c2ccccc2)c1. The highest BCUT2D eigenvalue weighted by molar-refractivity contribution is 6.17. The molecule has 586 valence electrons. The van der Waals surface area contributed by atoms with Gasteiger partial charge in [-0.1, -0.05) is 273 Å². The number of para-hydroxylation sites is 4. The second-order valence-corrected chi connectivity index (χ2v) is 32.9. The van der Waals surface area contributed by atoms with Crippen LogP contribution < -0.4 is 0 Å². The summed E-state index contributed by atoms with van der Waals surface area (Å²) in [6.07, 6.45) is 0. The first kappa shape index (κ1) is 73.0. The Bertz CT molecular complexity index is 7830. The standard InChI is InChI=1S/C121H76N4O/c126-121(93-39-23-35-83(63-93)87-51-59-117-109(75-87)111-77-91(55-61-119(111)122(117)101-41-15-5-16-42-101)89-53-57-115-107(73-89)105-47-19-21-49-113(105)124(115)103-45-25-37-85(71-103)99-67-95(79-27-7-1-8-28-79)65-96(68-99)80-29-9-2-10-30-80)94-40-24-36-84(64-94)88-52-60-118-110(76-88)112-78-92(56-62-120(112)123(118)102-43-17-6-18-44-102)90-54-58-116-108(74-90)106-48-20-22-50-114(106)125(116)104-46-26-38-86(72-104)100-69-97(81-31-11-3-12-32-81)66-98(70-100)82-33-13-4-14-34-82/h1-3,5-13,15-78H. The van der Waals surface area contributed by atoms with Gasteiger partial charge in [-0.2, -0.15) is 0 Å². The maximum absolute atomic E-state index is 15.2. The normalized spacial score (nSPS) is 11.6. The molecule has 0 saturated carbocycles. The van der Waals surface area contributed by atoms with Gasteiger partial charge >= 0.3 is 0 Å². The molecule has 5 nitrogen and oxygen atoms in total. The summed E-state index contributed by atoms with van der Waals surface area (Å²) in [5.74, 6) is -0.0400. The van der Waals surface area contributed by atoms with E-state index in [-0.39, 0.29) is 5.78 Å². The molecule has 0 unspecified atom stereocenters. The number of nitrogens with zero attached hydrogens (tertiary/aromatic N) is 4. The molecular weight excluding hydrogens is 1530 g/mol. The number of carbonyl (C=O) groups is 1. The zero-order chi connectivity index (χ0) is 83.3. The third-order valence-corrected chi connectivity index (χ3v) is 25.5. The van der Waals surface area contributed by atoms with Crippen LogP contribution in [0.2, 0.25) is 0 Å². The Hall–Kier alpha value is -16.9. The van der Waals surface area contributed by atoms with E-state index < -0.39 is 0 Å². The van der Waals surface area contributed by atoms with E-state index in [2.05, 4.69) is 455 Å². The Labute approximate surface area is 729 Å². The van der Waals surface area contributed by atoms with Gasteiger partial charge in [-0.3, -0.25) is 4.79 Å². The van der Waals surface area contributed by atoms with Crippen LogP contribution in [0.25, 0.3) is 221 Å². The Morgan fingerprint density at radius 3 is 0.738 bits per heavy atom. The van der Waals surface area contributed by atoms with Crippen molar-refractivity contribution in [3.63, 3.8) is 0 Å². The Balaban J connectivity index is 0.550. The van der Waals surface area contributed by atoms with Crippen LogP contribution in [-0.4, -0.2) is 24.1 Å². The lowest BCUT2D eigenvalue weighted by Gasteiger charge is -2.14. The average molecular weight is 1600 g/mol. The lowest BCUT2D eigenvalue weighted by atomic mass is 9.93. The summed E-state index contributed by atoms with van der Waals surface area (Å²) < 4.78 is 9.59. The lowest BCUT2D eigenvalue weighted by Crippen LogP contribution is -2.01. The van der Waals surface area contributed by atoms with Crippen molar-refractivity contribution in [3.05, 3.63) is 484 Å². The Morgan fingerprint density at radius 1 is 0.159 bits per heavy atom. The maximum atomic E-state index is 15.2. The number of fused-ring (bicyclic) bond motifs is 12. The molecule has 0 atom stereocenters. The molecule has 0 saturated heterocycles. The number of benzene rings is 19. The second-order valence-electron chi connectivity index (χ2n) is 32.9. The summed E-state index contributed by atoms with van der Waals surface area (Å²) in [5, 5.41) is 9.28. The van der Waals surface area contributed by atoms with Gasteiger partial charge in [0.05, 0.1) is 44.1 Å². The van der Waals surface area contributed by atoms with Gasteiger partial charge in [0.1, 0.15) is 0 Å². The highest BCUT2D eigenvalue weighted by Crippen LogP contribution is 2.46. The average Bonchev–Trinajstić information content (AvgIpc) is 1.57. The first-order valence-corrected chi connectivity index (χ1v) is 43.0. The summed E-state index contributed by atoms with van der Waals surface area (Å²) >= 11 is 0. The molecule has 24 rings (SSSR count). The largest absolute Gasteiger partial charge is 0.309 e. The van der Waals surface area contributed by atoms with Gasteiger partial charge in [0.15, 0.2) is 5.78 Å². The van der Waals surface area contributed by atoms with E-state index >= 15 is 4.79 Å². The predicted octanol–water partition coefficient (Wildman–Crippen LogP) is 31.6. The quantitative estimate of drug-likeness (QED) is 0.0888. The van der Waals surface area contributed by atoms with Crippen molar-refractivity contribution in [2.45, 2.75) is 0 Å². The molecule has 0 bridgehead atoms. The number of rotatable bonds is 16. The van der Waals surface area contributed by atoms with Gasteiger partial charge in [0, 0.05) is 77.0 Å². The molecule has 0 radical (unpaired) electrons. The van der Waals surface area contributed by atoms with E-state index in [9.17, 15) is 0 Å². The fourth-order valence-corrected chi connectivity index (χ4v) is 19.5. The molecule has 0 aliphatic heterocycles. The maximum Gasteiger partial charge on any atom is 0.193 e. The number of hydrogen-bond acceptors (Lipinski definition) is 1. The van der Waals surface area contributed by atoms with Crippen molar-refractivity contribution in [1.82, 2.24) is 18.3 Å². The second kappa shape index (κ2) is 30.4. The third-order valence-electron chi connectivity index (χ3n) is 25.5.